The maximum Gasteiger partial charge on any atom is 0.335 e. The molecule has 0 saturated carbocycles. The Morgan fingerprint density at radius 1 is 0.972 bits per heavy atom. The summed E-state index contributed by atoms with van der Waals surface area (Å²) in [4.78, 5) is 60.8. The molecular formula is C24H15ClN2O8S. The molecule has 3 amide bonds. The summed E-state index contributed by atoms with van der Waals surface area (Å²) in [6.07, 6.45) is 1.31. The lowest BCUT2D eigenvalue weighted by Gasteiger charge is -2.12. The first-order valence-corrected chi connectivity index (χ1v) is 11.3. The third-order valence-corrected chi connectivity index (χ3v) is 6.07. The number of furan rings is 1. The van der Waals surface area contributed by atoms with E-state index in [2.05, 4.69) is 5.32 Å². The Morgan fingerprint density at radius 2 is 1.61 bits per heavy atom. The Hall–Kier alpha value is -4.35. The van der Waals surface area contributed by atoms with Gasteiger partial charge >= 0.3 is 11.9 Å². The van der Waals surface area contributed by atoms with Gasteiger partial charge < -0.3 is 19.9 Å². The predicted octanol–water partition coefficient (Wildman–Crippen LogP) is 4.67. The van der Waals surface area contributed by atoms with Gasteiger partial charge in [-0.05, 0) is 66.4 Å². The molecule has 1 aliphatic rings. The zero-order valence-corrected chi connectivity index (χ0v) is 19.6. The third kappa shape index (κ3) is 5.48. The molecule has 2 heterocycles. The molecular weight excluding hydrogens is 512 g/mol. The van der Waals surface area contributed by atoms with Crippen molar-refractivity contribution in [1.82, 2.24) is 4.90 Å². The van der Waals surface area contributed by atoms with Gasteiger partial charge in [0, 0.05) is 22.3 Å². The number of carboxylic acid groups (broad SMARTS) is 2. The Morgan fingerprint density at radius 3 is 2.22 bits per heavy atom. The van der Waals surface area contributed by atoms with Gasteiger partial charge in [-0.15, -0.1) is 0 Å². The van der Waals surface area contributed by atoms with Crippen LogP contribution >= 0.6 is 23.4 Å². The van der Waals surface area contributed by atoms with Crippen LogP contribution in [-0.2, 0) is 9.59 Å². The quantitative estimate of drug-likeness (QED) is 0.372. The van der Waals surface area contributed by atoms with Crippen LogP contribution in [0.4, 0.5) is 10.5 Å². The average molecular weight is 527 g/mol. The molecule has 1 aliphatic heterocycles. The SMILES string of the molecule is O=C(CN1C(=O)S/C(=C/c2ccc(-c3cc(C(=O)O)cc(C(=O)O)c3)o2)C1=O)Nc1ccc(Cl)cc1. The molecule has 12 heteroatoms. The van der Waals surface area contributed by atoms with Gasteiger partial charge in [0.1, 0.15) is 18.1 Å². The predicted molar refractivity (Wildman–Crippen MR) is 131 cm³/mol. The van der Waals surface area contributed by atoms with E-state index in [-0.39, 0.29) is 33.1 Å². The molecule has 2 aromatic carbocycles. The first-order valence-electron chi connectivity index (χ1n) is 10.1. The number of hydrogen-bond acceptors (Lipinski definition) is 7. The maximum atomic E-state index is 12.7. The van der Waals surface area contributed by atoms with E-state index < -0.39 is 35.5 Å². The molecule has 36 heavy (non-hydrogen) atoms. The van der Waals surface area contributed by atoms with Crippen molar-refractivity contribution in [3.8, 4) is 11.3 Å². The van der Waals surface area contributed by atoms with Crippen molar-refractivity contribution >= 4 is 64.1 Å². The number of anilines is 1. The minimum Gasteiger partial charge on any atom is -0.478 e. The lowest BCUT2D eigenvalue weighted by atomic mass is 10.0. The summed E-state index contributed by atoms with van der Waals surface area (Å²) in [6.45, 7) is -0.492. The maximum absolute atomic E-state index is 12.7. The van der Waals surface area contributed by atoms with Crippen LogP contribution in [0.1, 0.15) is 26.5 Å². The number of rotatable bonds is 7. The van der Waals surface area contributed by atoms with E-state index in [1.807, 2.05) is 0 Å². The number of hydrogen-bond donors (Lipinski definition) is 3. The number of amides is 3. The van der Waals surface area contributed by atoms with E-state index in [1.165, 1.54) is 30.3 Å². The summed E-state index contributed by atoms with van der Waals surface area (Å²) in [7, 11) is 0. The minimum atomic E-state index is -1.31. The van der Waals surface area contributed by atoms with Crippen LogP contribution in [0.25, 0.3) is 17.4 Å². The summed E-state index contributed by atoms with van der Waals surface area (Å²) in [6, 6.07) is 12.8. The van der Waals surface area contributed by atoms with E-state index in [1.54, 1.807) is 24.3 Å². The van der Waals surface area contributed by atoms with Crippen molar-refractivity contribution in [1.29, 1.82) is 0 Å². The van der Waals surface area contributed by atoms with Crippen LogP contribution in [0.5, 0.6) is 0 Å². The molecule has 1 fully saturated rings. The van der Waals surface area contributed by atoms with E-state index in [4.69, 9.17) is 16.0 Å². The minimum absolute atomic E-state index is 0.0192. The fourth-order valence-electron chi connectivity index (χ4n) is 3.25. The van der Waals surface area contributed by atoms with Crippen molar-refractivity contribution in [3.05, 3.63) is 81.4 Å². The molecule has 3 N–H and O–H groups in total. The van der Waals surface area contributed by atoms with Gasteiger partial charge in [-0.3, -0.25) is 19.3 Å². The normalized spacial score (nSPS) is 14.4. The summed E-state index contributed by atoms with van der Waals surface area (Å²) >= 11 is 6.44. The molecule has 1 aromatic heterocycles. The lowest BCUT2D eigenvalue weighted by molar-refractivity contribution is -0.127. The summed E-state index contributed by atoms with van der Waals surface area (Å²) < 4.78 is 5.64. The third-order valence-electron chi connectivity index (χ3n) is 4.91. The molecule has 3 aromatic rings. The average Bonchev–Trinajstić information content (AvgIpc) is 3.40. The monoisotopic (exact) mass is 526 g/mol. The number of aromatic carboxylic acids is 2. The number of carboxylic acids is 2. The van der Waals surface area contributed by atoms with Crippen LogP contribution in [0.3, 0.4) is 0 Å². The molecule has 0 atom stereocenters. The van der Waals surface area contributed by atoms with Crippen molar-refractivity contribution in [2.24, 2.45) is 0 Å². The number of carbonyl (C=O) groups is 5. The van der Waals surface area contributed by atoms with Crippen molar-refractivity contribution < 1.29 is 38.6 Å². The van der Waals surface area contributed by atoms with E-state index in [0.29, 0.717) is 22.5 Å². The Labute approximate surface area is 212 Å². The zero-order chi connectivity index (χ0) is 26.0. The molecule has 4 rings (SSSR count). The molecule has 0 unspecified atom stereocenters. The number of carbonyl (C=O) groups excluding carboxylic acids is 3. The number of thioether (sulfide) groups is 1. The lowest BCUT2D eigenvalue weighted by Crippen LogP contribution is -2.36. The highest BCUT2D eigenvalue weighted by molar-refractivity contribution is 8.18. The smallest absolute Gasteiger partial charge is 0.335 e. The zero-order valence-electron chi connectivity index (χ0n) is 18.1. The molecule has 0 radical (unpaired) electrons. The standard InChI is InChI=1S/C24H15ClN2O8S/c25-15-1-3-16(4-2-15)26-20(28)11-27-21(29)19(36-24(27)34)10-17-5-6-18(35-17)12-7-13(22(30)31)9-14(8-12)23(32)33/h1-10H,11H2,(H,26,28)(H,30,31)(H,32,33)/b19-10+. The number of halogens is 1. The number of nitrogens with zero attached hydrogens (tertiary/aromatic N) is 1. The van der Waals surface area contributed by atoms with Crippen molar-refractivity contribution in [3.63, 3.8) is 0 Å². The van der Waals surface area contributed by atoms with Crippen molar-refractivity contribution in [2.45, 2.75) is 0 Å². The number of benzene rings is 2. The van der Waals surface area contributed by atoms with Crippen molar-refractivity contribution in [2.75, 3.05) is 11.9 Å². The van der Waals surface area contributed by atoms with E-state index in [9.17, 15) is 34.2 Å². The van der Waals surface area contributed by atoms with Gasteiger partial charge in [-0.1, -0.05) is 11.6 Å². The molecule has 0 bridgehead atoms. The topological polar surface area (TPSA) is 154 Å². The fourth-order valence-corrected chi connectivity index (χ4v) is 4.19. The van der Waals surface area contributed by atoms with E-state index >= 15 is 0 Å². The van der Waals surface area contributed by atoms with Gasteiger partial charge in [0.25, 0.3) is 11.1 Å². The highest BCUT2D eigenvalue weighted by Gasteiger charge is 2.36. The van der Waals surface area contributed by atoms with Crippen LogP contribution in [0, 0.1) is 0 Å². The fraction of sp³-hybridized carbons (Fsp3) is 0.0417. The van der Waals surface area contributed by atoms with Gasteiger partial charge in [0.15, 0.2) is 0 Å². The largest absolute Gasteiger partial charge is 0.478 e. The second-order valence-corrected chi connectivity index (χ2v) is 8.86. The molecule has 182 valence electrons. The van der Waals surface area contributed by atoms with Gasteiger partial charge in [0.05, 0.1) is 16.0 Å². The number of nitrogens with one attached hydrogen (secondary N) is 1. The summed E-state index contributed by atoms with van der Waals surface area (Å²) in [5.74, 6) is -3.55. The molecule has 1 saturated heterocycles. The molecule has 0 aliphatic carbocycles. The van der Waals surface area contributed by atoms with Gasteiger partial charge in [-0.25, -0.2) is 9.59 Å². The van der Waals surface area contributed by atoms with Gasteiger partial charge in [-0.2, -0.15) is 0 Å². The van der Waals surface area contributed by atoms with E-state index in [0.717, 1.165) is 11.0 Å². The summed E-state index contributed by atoms with van der Waals surface area (Å²) in [5.41, 5.74) is 0.189. The first kappa shape index (κ1) is 24.8. The number of imide groups is 1. The Balaban J connectivity index is 1.50. The van der Waals surface area contributed by atoms with Gasteiger partial charge in [0.2, 0.25) is 5.91 Å². The van der Waals surface area contributed by atoms with Crippen LogP contribution in [-0.4, -0.2) is 50.6 Å². The summed E-state index contributed by atoms with van der Waals surface area (Å²) in [5, 5.41) is 20.9. The van der Waals surface area contributed by atoms with Crippen LogP contribution < -0.4 is 5.32 Å². The molecule has 0 spiro atoms. The second kappa shape index (κ2) is 10.1. The highest BCUT2D eigenvalue weighted by Crippen LogP contribution is 2.33. The highest BCUT2D eigenvalue weighted by atomic mass is 35.5. The Kier molecular flexibility index (Phi) is 6.95. The first-order chi connectivity index (χ1) is 17.1. The second-order valence-electron chi connectivity index (χ2n) is 7.43. The van der Waals surface area contributed by atoms with Crippen LogP contribution in [0.2, 0.25) is 5.02 Å². The van der Waals surface area contributed by atoms with Crippen LogP contribution in [0.15, 0.2) is 63.9 Å². The Bertz CT molecular complexity index is 1410. The molecule has 10 nitrogen and oxygen atoms in total.